The van der Waals surface area contributed by atoms with Crippen molar-refractivity contribution in [1.29, 1.82) is 0 Å². The Bertz CT molecular complexity index is 408. The van der Waals surface area contributed by atoms with E-state index in [-0.39, 0.29) is 0 Å². The zero-order chi connectivity index (χ0) is 10.8. The second-order valence-electron chi connectivity index (χ2n) is 3.32. The smallest absolute Gasteiger partial charge is 0.161 e. The minimum Gasteiger partial charge on any atom is -0.334 e. The van der Waals surface area contributed by atoms with Gasteiger partial charge >= 0.3 is 0 Å². The summed E-state index contributed by atoms with van der Waals surface area (Å²) in [5.74, 6) is 0. The fraction of sp³-hybridized carbons (Fsp3) is 0.300. The lowest BCUT2D eigenvalue weighted by Gasteiger charge is -2.08. The van der Waals surface area contributed by atoms with Crippen molar-refractivity contribution < 1.29 is 0 Å². The second-order valence-corrected chi connectivity index (χ2v) is 6.04. The number of anilines is 1. The van der Waals surface area contributed by atoms with E-state index in [1.165, 1.54) is 0 Å². The van der Waals surface area contributed by atoms with E-state index in [4.69, 9.17) is 11.6 Å². The Morgan fingerprint density at radius 3 is 3.07 bits per heavy atom. The minimum absolute atomic E-state index is 0.561. The molecule has 15 heavy (non-hydrogen) atoms. The topological polar surface area (TPSA) is 24.4 Å². The molecule has 0 spiro atoms. The van der Waals surface area contributed by atoms with Crippen molar-refractivity contribution >= 4 is 50.1 Å². The molecule has 1 aliphatic heterocycles. The highest BCUT2D eigenvalue weighted by Gasteiger charge is 2.15. The van der Waals surface area contributed by atoms with Gasteiger partial charge in [-0.15, -0.1) is 0 Å². The number of halogens is 2. The van der Waals surface area contributed by atoms with Crippen LogP contribution < -0.4 is 5.32 Å². The number of amidine groups is 1. The first-order valence-electron chi connectivity index (χ1n) is 4.58. The number of nitrogens with zero attached hydrogens (tertiary/aromatic N) is 1. The lowest BCUT2D eigenvalue weighted by atomic mass is 10.3. The highest BCUT2D eigenvalue weighted by molar-refractivity contribution is 9.10. The van der Waals surface area contributed by atoms with Gasteiger partial charge in [-0.3, -0.25) is 4.99 Å². The molecule has 0 aromatic heterocycles. The molecular formula is C10H10BrClN2S. The zero-order valence-corrected chi connectivity index (χ0v) is 11.3. The summed E-state index contributed by atoms with van der Waals surface area (Å²) in [5.41, 5.74) is 0.961. The molecule has 1 unspecified atom stereocenters. The zero-order valence-electron chi connectivity index (χ0n) is 8.13. The van der Waals surface area contributed by atoms with Gasteiger partial charge in [0.05, 0.1) is 12.2 Å². The highest BCUT2D eigenvalue weighted by Crippen LogP contribution is 2.29. The van der Waals surface area contributed by atoms with Gasteiger partial charge in [0.2, 0.25) is 0 Å². The van der Waals surface area contributed by atoms with Crippen LogP contribution in [0.15, 0.2) is 27.7 Å². The van der Waals surface area contributed by atoms with E-state index in [2.05, 4.69) is 33.2 Å². The molecule has 0 radical (unpaired) electrons. The van der Waals surface area contributed by atoms with Gasteiger partial charge in [0, 0.05) is 14.7 Å². The van der Waals surface area contributed by atoms with Crippen LogP contribution >= 0.6 is 39.3 Å². The predicted molar refractivity (Wildman–Crippen MR) is 72.1 cm³/mol. The lowest BCUT2D eigenvalue weighted by Crippen LogP contribution is -2.06. The van der Waals surface area contributed by atoms with Crippen LogP contribution in [0.25, 0.3) is 0 Å². The average molecular weight is 306 g/mol. The van der Waals surface area contributed by atoms with E-state index < -0.39 is 0 Å². The fourth-order valence-electron chi connectivity index (χ4n) is 1.25. The summed E-state index contributed by atoms with van der Waals surface area (Å²) in [6, 6.07) is 5.66. The van der Waals surface area contributed by atoms with Crippen LogP contribution in [0.1, 0.15) is 6.92 Å². The monoisotopic (exact) mass is 304 g/mol. The summed E-state index contributed by atoms with van der Waals surface area (Å²) in [5, 5.41) is 5.51. The maximum atomic E-state index is 5.92. The standard InChI is InChI=1S/C10H10BrClN2S/c1-6-5-13-10(15-6)14-9-4-7(12)2-3-8(9)11/h2-4,6H,5H2,1H3,(H,13,14). The quantitative estimate of drug-likeness (QED) is 0.848. The molecule has 1 aromatic carbocycles. The number of benzene rings is 1. The normalized spacial score (nSPS) is 20.2. The summed E-state index contributed by atoms with van der Waals surface area (Å²) in [4.78, 5) is 4.39. The van der Waals surface area contributed by atoms with Crippen LogP contribution in [0, 0.1) is 0 Å². The number of aliphatic imine (C=N–C) groups is 1. The van der Waals surface area contributed by atoms with Gasteiger partial charge < -0.3 is 5.32 Å². The van der Waals surface area contributed by atoms with E-state index in [9.17, 15) is 0 Å². The van der Waals surface area contributed by atoms with Crippen molar-refractivity contribution in [2.75, 3.05) is 11.9 Å². The SMILES string of the molecule is CC1CN=C(Nc2cc(Cl)ccc2Br)S1. The van der Waals surface area contributed by atoms with Crippen LogP contribution in [-0.2, 0) is 0 Å². The van der Waals surface area contributed by atoms with Crippen molar-refractivity contribution in [2.24, 2.45) is 4.99 Å². The molecule has 1 N–H and O–H groups in total. The van der Waals surface area contributed by atoms with Crippen LogP contribution in [-0.4, -0.2) is 17.0 Å². The third kappa shape index (κ3) is 2.89. The average Bonchev–Trinajstić information content (AvgIpc) is 2.58. The van der Waals surface area contributed by atoms with Crippen LogP contribution in [0.5, 0.6) is 0 Å². The molecule has 0 bridgehead atoms. The second kappa shape index (κ2) is 4.76. The predicted octanol–water partition coefficient (Wildman–Crippen LogP) is 4.01. The van der Waals surface area contributed by atoms with Crippen molar-refractivity contribution in [1.82, 2.24) is 0 Å². The van der Waals surface area contributed by atoms with Gasteiger partial charge in [-0.1, -0.05) is 30.3 Å². The molecule has 5 heteroatoms. The van der Waals surface area contributed by atoms with Crippen molar-refractivity contribution in [2.45, 2.75) is 12.2 Å². The molecule has 2 rings (SSSR count). The van der Waals surface area contributed by atoms with Crippen LogP contribution in [0.2, 0.25) is 5.02 Å². The maximum absolute atomic E-state index is 5.92. The third-order valence-corrected chi connectivity index (χ3v) is 3.91. The fourth-order valence-corrected chi connectivity index (χ4v) is 2.62. The highest BCUT2D eigenvalue weighted by atomic mass is 79.9. The first kappa shape index (κ1) is 11.3. The number of hydrogen-bond donors (Lipinski definition) is 1. The van der Waals surface area contributed by atoms with E-state index in [0.717, 1.165) is 26.9 Å². The van der Waals surface area contributed by atoms with E-state index in [0.29, 0.717) is 5.25 Å². The third-order valence-electron chi connectivity index (χ3n) is 1.97. The summed E-state index contributed by atoms with van der Waals surface area (Å²) >= 11 is 11.1. The largest absolute Gasteiger partial charge is 0.334 e. The Labute approximate surface area is 107 Å². The maximum Gasteiger partial charge on any atom is 0.161 e. The van der Waals surface area contributed by atoms with Crippen LogP contribution in [0.4, 0.5) is 5.69 Å². The van der Waals surface area contributed by atoms with Crippen LogP contribution in [0.3, 0.4) is 0 Å². The number of nitrogens with one attached hydrogen (secondary N) is 1. The van der Waals surface area contributed by atoms with E-state index in [1.54, 1.807) is 11.8 Å². The van der Waals surface area contributed by atoms with E-state index in [1.807, 2.05) is 18.2 Å². The Balaban J connectivity index is 2.14. The van der Waals surface area contributed by atoms with Gasteiger partial charge in [0.1, 0.15) is 0 Å². The molecule has 1 heterocycles. The molecule has 0 fully saturated rings. The van der Waals surface area contributed by atoms with Gasteiger partial charge in [0.15, 0.2) is 5.17 Å². The molecule has 0 saturated carbocycles. The van der Waals surface area contributed by atoms with Gasteiger partial charge in [-0.2, -0.15) is 0 Å². The van der Waals surface area contributed by atoms with Gasteiger partial charge in [-0.25, -0.2) is 0 Å². The van der Waals surface area contributed by atoms with Crippen molar-refractivity contribution in [3.8, 4) is 0 Å². The Morgan fingerprint density at radius 1 is 1.60 bits per heavy atom. The summed E-state index contributed by atoms with van der Waals surface area (Å²) < 4.78 is 0.995. The number of thioether (sulfide) groups is 1. The first-order valence-corrected chi connectivity index (χ1v) is 6.63. The molecule has 0 amide bonds. The number of hydrogen-bond acceptors (Lipinski definition) is 3. The van der Waals surface area contributed by atoms with Crippen molar-refractivity contribution in [3.05, 3.63) is 27.7 Å². The molecule has 80 valence electrons. The summed E-state index contributed by atoms with van der Waals surface area (Å²) in [6.07, 6.45) is 0. The molecular weight excluding hydrogens is 296 g/mol. The van der Waals surface area contributed by atoms with Crippen molar-refractivity contribution in [3.63, 3.8) is 0 Å². The molecule has 1 aromatic rings. The van der Waals surface area contributed by atoms with E-state index >= 15 is 0 Å². The van der Waals surface area contributed by atoms with Gasteiger partial charge in [0.25, 0.3) is 0 Å². The first-order chi connectivity index (χ1) is 7.15. The molecule has 1 atom stereocenters. The molecule has 2 nitrogen and oxygen atoms in total. The Morgan fingerprint density at radius 2 is 2.40 bits per heavy atom. The molecule has 0 aliphatic carbocycles. The Kier molecular flexibility index (Phi) is 3.59. The molecule has 1 aliphatic rings. The minimum atomic E-state index is 0.561. The molecule has 0 saturated heterocycles. The summed E-state index contributed by atoms with van der Waals surface area (Å²) in [6.45, 7) is 3.04. The number of rotatable bonds is 1. The lowest BCUT2D eigenvalue weighted by molar-refractivity contribution is 0.976. The Hall–Kier alpha value is -0.190. The summed E-state index contributed by atoms with van der Waals surface area (Å²) in [7, 11) is 0. The van der Waals surface area contributed by atoms with Gasteiger partial charge in [-0.05, 0) is 34.1 Å².